The van der Waals surface area contributed by atoms with Crippen molar-refractivity contribution in [2.75, 3.05) is 6.54 Å². The molecule has 0 radical (unpaired) electrons. The third kappa shape index (κ3) is 3.65. The van der Waals surface area contributed by atoms with Gasteiger partial charge < -0.3 is 4.90 Å². The van der Waals surface area contributed by atoms with E-state index in [2.05, 4.69) is 57.3 Å². The molecule has 3 heteroatoms. The molecule has 2 rings (SSSR count). The van der Waals surface area contributed by atoms with Crippen molar-refractivity contribution >= 4 is 5.91 Å². The first-order chi connectivity index (χ1) is 10.1. The van der Waals surface area contributed by atoms with E-state index in [1.165, 1.54) is 11.1 Å². The summed E-state index contributed by atoms with van der Waals surface area (Å²) in [6, 6.07) is 8.63. The van der Waals surface area contributed by atoms with Crippen molar-refractivity contribution in [3.8, 4) is 0 Å². The van der Waals surface area contributed by atoms with E-state index in [0.29, 0.717) is 5.92 Å². The maximum absolute atomic E-state index is 12.6. The van der Waals surface area contributed by atoms with Gasteiger partial charge in [0.25, 0.3) is 0 Å². The van der Waals surface area contributed by atoms with Gasteiger partial charge in [0, 0.05) is 6.54 Å². The van der Waals surface area contributed by atoms with Crippen LogP contribution in [0.5, 0.6) is 0 Å². The smallest absolute Gasteiger partial charge is 0.241 e. The standard InChI is InChI=1S/C18H28N2O/c1-5-7-16-18(21)20(12-13(3)4)17(19-16)15-10-8-14(6-2)9-11-15/h8-11,13,16-17,19H,5-7,12H2,1-4H3. The highest BCUT2D eigenvalue weighted by Crippen LogP contribution is 2.28. The average Bonchev–Trinajstić information content (AvgIpc) is 2.77. The van der Waals surface area contributed by atoms with Crippen LogP contribution < -0.4 is 5.32 Å². The zero-order valence-electron chi connectivity index (χ0n) is 13.7. The van der Waals surface area contributed by atoms with E-state index >= 15 is 0 Å². The molecule has 1 fully saturated rings. The van der Waals surface area contributed by atoms with Crippen LogP contribution in [-0.2, 0) is 11.2 Å². The lowest BCUT2D eigenvalue weighted by Gasteiger charge is -2.26. The Balaban J connectivity index is 2.22. The number of carbonyl (C=O) groups is 1. The van der Waals surface area contributed by atoms with E-state index in [4.69, 9.17) is 0 Å². The first-order valence-electron chi connectivity index (χ1n) is 8.22. The lowest BCUT2D eigenvalue weighted by atomic mass is 10.1. The molecule has 1 N–H and O–H groups in total. The van der Waals surface area contributed by atoms with E-state index in [1.807, 2.05) is 4.90 Å². The van der Waals surface area contributed by atoms with E-state index in [-0.39, 0.29) is 18.1 Å². The van der Waals surface area contributed by atoms with Gasteiger partial charge in [0.2, 0.25) is 5.91 Å². The average molecular weight is 288 g/mol. The molecular formula is C18H28N2O. The molecule has 0 saturated carbocycles. The van der Waals surface area contributed by atoms with Crippen LogP contribution in [-0.4, -0.2) is 23.4 Å². The predicted molar refractivity (Wildman–Crippen MR) is 86.9 cm³/mol. The van der Waals surface area contributed by atoms with Crippen molar-refractivity contribution in [3.63, 3.8) is 0 Å². The van der Waals surface area contributed by atoms with Gasteiger partial charge in [0.15, 0.2) is 0 Å². The number of rotatable bonds is 6. The second-order valence-electron chi connectivity index (χ2n) is 6.39. The number of hydrogen-bond donors (Lipinski definition) is 1. The van der Waals surface area contributed by atoms with E-state index in [1.54, 1.807) is 0 Å². The number of nitrogens with one attached hydrogen (secondary N) is 1. The summed E-state index contributed by atoms with van der Waals surface area (Å²) in [6.45, 7) is 9.43. The third-order valence-corrected chi connectivity index (χ3v) is 4.09. The Morgan fingerprint density at radius 1 is 1.19 bits per heavy atom. The number of nitrogens with zero attached hydrogens (tertiary/aromatic N) is 1. The summed E-state index contributed by atoms with van der Waals surface area (Å²) in [5.41, 5.74) is 2.53. The van der Waals surface area contributed by atoms with Crippen molar-refractivity contribution < 1.29 is 4.79 Å². The quantitative estimate of drug-likeness (QED) is 0.869. The minimum atomic E-state index is -0.0235. The third-order valence-electron chi connectivity index (χ3n) is 4.09. The van der Waals surface area contributed by atoms with Crippen molar-refractivity contribution in [2.45, 2.75) is 59.2 Å². The molecule has 0 bridgehead atoms. The molecule has 1 aromatic carbocycles. The highest BCUT2D eigenvalue weighted by molar-refractivity contribution is 5.84. The summed E-state index contributed by atoms with van der Waals surface area (Å²) in [5.74, 6) is 0.739. The highest BCUT2D eigenvalue weighted by Gasteiger charge is 2.38. The van der Waals surface area contributed by atoms with E-state index < -0.39 is 0 Å². The van der Waals surface area contributed by atoms with Gasteiger partial charge in [-0.3, -0.25) is 10.1 Å². The summed E-state index contributed by atoms with van der Waals surface area (Å²) in [4.78, 5) is 14.6. The van der Waals surface area contributed by atoms with E-state index in [9.17, 15) is 4.79 Å². The molecule has 1 heterocycles. The SMILES string of the molecule is CCCC1NC(c2ccc(CC)cc2)N(CC(C)C)C1=O. The first kappa shape index (κ1) is 16.0. The monoisotopic (exact) mass is 288 g/mol. The fourth-order valence-electron chi connectivity index (χ4n) is 2.98. The van der Waals surface area contributed by atoms with Crippen LogP contribution in [0.2, 0.25) is 0 Å². The van der Waals surface area contributed by atoms with Crippen LogP contribution in [0, 0.1) is 5.92 Å². The number of amides is 1. The molecule has 0 aromatic heterocycles. The highest BCUT2D eigenvalue weighted by atomic mass is 16.2. The lowest BCUT2D eigenvalue weighted by Crippen LogP contribution is -2.34. The van der Waals surface area contributed by atoms with Crippen LogP contribution in [0.15, 0.2) is 24.3 Å². The van der Waals surface area contributed by atoms with Gasteiger partial charge in [-0.25, -0.2) is 0 Å². The molecule has 0 spiro atoms. The Labute approximate surface area is 128 Å². The second kappa shape index (κ2) is 7.08. The van der Waals surface area contributed by atoms with Gasteiger partial charge in [-0.2, -0.15) is 0 Å². The summed E-state index contributed by atoms with van der Waals surface area (Å²) < 4.78 is 0. The molecule has 1 aromatic rings. The fraction of sp³-hybridized carbons (Fsp3) is 0.611. The minimum absolute atomic E-state index is 0.0235. The van der Waals surface area contributed by atoms with Crippen molar-refractivity contribution in [1.29, 1.82) is 0 Å². The van der Waals surface area contributed by atoms with Crippen molar-refractivity contribution in [3.05, 3.63) is 35.4 Å². The molecule has 1 saturated heterocycles. The number of benzene rings is 1. The summed E-state index contributed by atoms with van der Waals surface area (Å²) >= 11 is 0. The number of carbonyl (C=O) groups excluding carboxylic acids is 1. The zero-order valence-corrected chi connectivity index (χ0v) is 13.7. The largest absolute Gasteiger partial charge is 0.321 e. The molecule has 1 aliphatic rings. The molecule has 1 amide bonds. The number of hydrogen-bond acceptors (Lipinski definition) is 2. The Morgan fingerprint density at radius 2 is 1.86 bits per heavy atom. The van der Waals surface area contributed by atoms with Gasteiger partial charge in [-0.1, -0.05) is 58.4 Å². The molecule has 0 aliphatic carbocycles. The van der Waals surface area contributed by atoms with Crippen LogP contribution in [0.25, 0.3) is 0 Å². The van der Waals surface area contributed by atoms with Crippen LogP contribution in [0.3, 0.4) is 0 Å². The summed E-state index contributed by atoms with van der Waals surface area (Å²) in [6.07, 6.45) is 3.02. The Hall–Kier alpha value is -1.35. The molecular weight excluding hydrogens is 260 g/mol. The van der Waals surface area contributed by atoms with Gasteiger partial charge in [0.05, 0.1) is 6.04 Å². The molecule has 116 valence electrons. The molecule has 21 heavy (non-hydrogen) atoms. The topological polar surface area (TPSA) is 32.3 Å². The van der Waals surface area contributed by atoms with Crippen LogP contribution >= 0.6 is 0 Å². The molecule has 2 unspecified atom stereocenters. The minimum Gasteiger partial charge on any atom is -0.321 e. The van der Waals surface area contributed by atoms with Gasteiger partial charge in [-0.05, 0) is 29.9 Å². The normalized spacial score (nSPS) is 22.3. The van der Waals surface area contributed by atoms with Crippen molar-refractivity contribution in [2.24, 2.45) is 5.92 Å². The fourth-order valence-corrected chi connectivity index (χ4v) is 2.98. The van der Waals surface area contributed by atoms with Crippen LogP contribution in [0.4, 0.5) is 0 Å². The second-order valence-corrected chi connectivity index (χ2v) is 6.39. The summed E-state index contributed by atoms with van der Waals surface area (Å²) in [5, 5.41) is 3.53. The maximum atomic E-state index is 12.6. The lowest BCUT2D eigenvalue weighted by molar-refractivity contribution is -0.130. The Bertz CT molecular complexity index is 467. The molecule has 1 aliphatic heterocycles. The van der Waals surface area contributed by atoms with Gasteiger partial charge in [0.1, 0.15) is 6.17 Å². The first-order valence-corrected chi connectivity index (χ1v) is 8.22. The summed E-state index contributed by atoms with van der Waals surface area (Å²) in [7, 11) is 0. The number of aryl methyl sites for hydroxylation is 1. The maximum Gasteiger partial charge on any atom is 0.241 e. The Kier molecular flexibility index (Phi) is 5.40. The van der Waals surface area contributed by atoms with Gasteiger partial charge in [-0.15, -0.1) is 0 Å². The molecule has 3 nitrogen and oxygen atoms in total. The van der Waals surface area contributed by atoms with Gasteiger partial charge >= 0.3 is 0 Å². The van der Waals surface area contributed by atoms with E-state index in [0.717, 1.165) is 25.8 Å². The Morgan fingerprint density at radius 3 is 2.38 bits per heavy atom. The van der Waals surface area contributed by atoms with Crippen molar-refractivity contribution in [1.82, 2.24) is 10.2 Å². The predicted octanol–water partition coefficient (Wildman–Crippen LogP) is 3.50. The van der Waals surface area contributed by atoms with Crippen LogP contribution in [0.1, 0.15) is 57.8 Å². The molecule has 2 atom stereocenters. The zero-order chi connectivity index (χ0) is 15.4.